The topological polar surface area (TPSA) is 65.4 Å². The number of nitrogens with one attached hydrogen (secondary N) is 2. The van der Waals surface area contributed by atoms with Crippen molar-refractivity contribution in [2.45, 2.75) is 75.7 Å². The molecule has 5 rings (SSSR count). The minimum atomic E-state index is -2.57. The molecule has 4 aliphatic rings. The molecule has 1 aliphatic carbocycles. The lowest BCUT2D eigenvalue weighted by atomic mass is 9.92. The zero-order valence-corrected chi connectivity index (χ0v) is 16.0. The van der Waals surface area contributed by atoms with Crippen LogP contribution < -0.4 is 15.5 Å². The number of aromatic nitrogens is 2. The molecule has 2 unspecified atom stereocenters. The summed E-state index contributed by atoms with van der Waals surface area (Å²) < 4.78 is 28.6. The molecule has 2 atom stereocenters. The second-order valence-electron chi connectivity index (χ2n) is 8.67. The van der Waals surface area contributed by atoms with Crippen molar-refractivity contribution in [2.24, 2.45) is 0 Å². The molecule has 1 saturated carbocycles. The van der Waals surface area contributed by atoms with E-state index < -0.39 is 5.92 Å². The van der Waals surface area contributed by atoms with E-state index in [0.29, 0.717) is 44.6 Å². The summed E-state index contributed by atoms with van der Waals surface area (Å²) in [5, 5.41) is 11.3. The van der Waals surface area contributed by atoms with Crippen LogP contribution in [0.1, 0.15) is 44.2 Å². The lowest BCUT2D eigenvalue weighted by molar-refractivity contribution is -0.0398. The van der Waals surface area contributed by atoms with Crippen LogP contribution in [-0.2, 0) is 13.1 Å². The van der Waals surface area contributed by atoms with Crippen molar-refractivity contribution in [3.05, 3.63) is 11.8 Å². The highest BCUT2D eigenvalue weighted by Crippen LogP contribution is 2.34. The zero-order chi connectivity index (χ0) is 19.3. The van der Waals surface area contributed by atoms with Crippen molar-refractivity contribution in [1.82, 2.24) is 25.3 Å². The van der Waals surface area contributed by atoms with Gasteiger partial charge >= 0.3 is 6.03 Å². The van der Waals surface area contributed by atoms with Crippen molar-refractivity contribution < 1.29 is 13.6 Å². The molecule has 154 valence electrons. The fourth-order valence-corrected chi connectivity index (χ4v) is 5.15. The smallest absolute Gasteiger partial charge is 0.318 e. The van der Waals surface area contributed by atoms with Gasteiger partial charge in [-0.05, 0) is 25.7 Å². The number of hydrogen-bond donors (Lipinski definition) is 2. The molecule has 0 radical (unpaired) electrons. The number of anilines is 1. The van der Waals surface area contributed by atoms with Crippen LogP contribution in [0.2, 0.25) is 0 Å². The van der Waals surface area contributed by atoms with Gasteiger partial charge in [-0.25, -0.2) is 13.6 Å². The van der Waals surface area contributed by atoms with Gasteiger partial charge in [-0.1, -0.05) is 0 Å². The number of carbonyl (C=O) groups excluding carboxylic acids is 1. The third-order valence-electron chi connectivity index (χ3n) is 6.76. The highest BCUT2D eigenvalue weighted by Gasteiger charge is 2.39. The van der Waals surface area contributed by atoms with Crippen LogP contribution in [0, 0.1) is 0 Å². The summed E-state index contributed by atoms with van der Waals surface area (Å²) in [7, 11) is 0. The third-order valence-corrected chi connectivity index (χ3v) is 6.76. The van der Waals surface area contributed by atoms with Gasteiger partial charge < -0.3 is 20.4 Å². The van der Waals surface area contributed by atoms with Crippen LogP contribution in [0.25, 0.3) is 0 Å². The lowest BCUT2D eigenvalue weighted by Crippen LogP contribution is -2.52. The maximum Gasteiger partial charge on any atom is 0.318 e. The summed E-state index contributed by atoms with van der Waals surface area (Å²) in [6, 6.07) is 2.86. The number of fused-ring (bicyclic) bond motifs is 3. The van der Waals surface area contributed by atoms with E-state index in [1.807, 2.05) is 4.68 Å². The Labute approximate surface area is 163 Å². The predicted octanol–water partition coefficient (Wildman–Crippen LogP) is 1.93. The first kappa shape index (κ1) is 18.1. The van der Waals surface area contributed by atoms with E-state index in [0.717, 1.165) is 24.6 Å². The summed E-state index contributed by atoms with van der Waals surface area (Å²) in [6.07, 6.45) is 2.83. The van der Waals surface area contributed by atoms with Crippen molar-refractivity contribution in [3.63, 3.8) is 0 Å². The lowest BCUT2D eigenvalue weighted by Gasteiger charge is -2.35. The van der Waals surface area contributed by atoms with Gasteiger partial charge in [-0.3, -0.25) is 4.68 Å². The third kappa shape index (κ3) is 3.33. The summed E-state index contributed by atoms with van der Waals surface area (Å²) in [5.41, 5.74) is 1.05. The fourth-order valence-electron chi connectivity index (χ4n) is 5.15. The number of nitrogens with zero attached hydrogens (tertiary/aromatic N) is 4. The maximum absolute atomic E-state index is 13.3. The number of amides is 2. The first-order valence-electron chi connectivity index (χ1n) is 10.5. The Balaban J connectivity index is 1.22. The van der Waals surface area contributed by atoms with Gasteiger partial charge in [-0.2, -0.15) is 5.10 Å². The van der Waals surface area contributed by atoms with Crippen molar-refractivity contribution in [2.75, 3.05) is 24.5 Å². The number of hydrogen-bond acceptors (Lipinski definition) is 4. The molecule has 0 aromatic carbocycles. The van der Waals surface area contributed by atoms with E-state index in [9.17, 15) is 13.6 Å². The number of rotatable bonds is 2. The number of halogens is 2. The summed E-state index contributed by atoms with van der Waals surface area (Å²) in [4.78, 5) is 16.9. The van der Waals surface area contributed by atoms with Crippen LogP contribution in [0.15, 0.2) is 6.07 Å². The minimum absolute atomic E-state index is 0.138. The van der Waals surface area contributed by atoms with E-state index in [1.165, 1.54) is 12.8 Å². The van der Waals surface area contributed by atoms with E-state index in [4.69, 9.17) is 5.10 Å². The number of piperazine rings is 1. The van der Waals surface area contributed by atoms with E-state index >= 15 is 0 Å². The molecule has 2 N–H and O–H groups in total. The summed E-state index contributed by atoms with van der Waals surface area (Å²) in [5.74, 6) is -1.54. The average Bonchev–Trinajstić information content (AvgIpc) is 3.20. The maximum atomic E-state index is 13.3. The second-order valence-corrected chi connectivity index (χ2v) is 8.67. The van der Waals surface area contributed by atoms with E-state index in [2.05, 4.69) is 21.6 Å². The van der Waals surface area contributed by atoms with Crippen LogP contribution in [-0.4, -0.2) is 64.4 Å². The Morgan fingerprint density at radius 1 is 1.14 bits per heavy atom. The van der Waals surface area contributed by atoms with Crippen molar-refractivity contribution >= 4 is 11.8 Å². The monoisotopic (exact) mass is 394 g/mol. The van der Waals surface area contributed by atoms with Crippen LogP contribution in [0.5, 0.6) is 0 Å². The molecule has 2 saturated heterocycles. The molecule has 28 heavy (non-hydrogen) atoms. The van der Waals surface area contributed by atoms with Crippen LogP contribution in [0.4, 0.5) is 19.4 Å². The minimum Gasteiger partial charge on any atom is -0.347 e. The molecular weight excluding hydrogens is 366 g/mol. The molecule has 2 bridgehead atoms. The predicted molar refractivity (Wildman–Crippen MR) is 101 cm³/mol. The van der Waals surface area contributed by atoms with E-state index in [-0.39, 0.29) is 24.9 Å². The second kappa shape index (κ2) is 6.86. The highest BCUT2D eigenvalue weighted by molar-refractivity contribution is 5.74. The van der Waals surface area contributed by atoms with Gasteiger partial charge in [0.2, 0.25) is 5.92 Å². The largest absolute Gasteiger partial charge is 0.347 e. The molecule has 2 amide bonds. The average molecular weight is 394 g/mol. The van der Waals surface area contributed by atoms with Crippen LogP contribution in [0.3, 0.4) is 0 Å². The molecule has 1 aromatic heterocycles. The summed E-state index contributed by atoms with van der Waals surface area (Å²) >= 11 is 0. The van der Waals surface area contributed by atoms with Gasteiger partial charge in [0.05, 0.1) is 18.8 Å². The molecule has 7 nitrogen and oxygen atoms in total. The van der Waals surface area contributed by atoms with Gasteiger partial charge in [0.15, 0.2) is 5.82 Å². The Hall–Kier alpha value is -1.90. The molecule has 4 heterocycles. The Bertz CT molecular complexity index is 727. The molecule has 1 aromatic rings. The normalized spacial score (nSPS) is 29.6. The quantitative estimate of drug-likeness (QED) is 0.805. The SMILES string of the molecule is O=C(NC1CCC(F)(F)CC1)N1CCn2nc(N3C4CCC3CNC4)cc2C1. The Kier molecular flexibility index (Phi) is 4.45. The Morgan fingerprint density at radius 3 is 2.57 bits per heavy atom. The first-order valence-corrected chi connectivity index (χ1v) is 10.5. The van der Waals surface area contributed by atoms with Gasteiger partial charge in [0.1, 0.15) is 0 Å². The number of urea groups is 1. The number of alkyl halides is 2. The number of carbonyl (C=O) groups is 1. The standard InChI is InChI=1S/C19H28F2N6O/c20-19(21)5-3-13(4-6-19)23-18(28)25-7-8-26-16(12-25)9-17(24-26)27-14-1-2-15(27)11-22-10-14/h9,13-15,22H,1-8,10-12H2,(H,23,28). The molecular formula is C19H28F2N6O. The zero-order valence-electron chi connectivity index (χ0n) is 16.0. The molecule has 0 spiro atoms. The van der Waals surface area contributed by atoms with Crippen LogP contribution >= 0.6 is 0 Å². The van der Waals surface area contributed by atoms with Crippen molar-refractivity contribution in [3.8, 4) is 0 Å². The van der Waals surface area contributed by atoms with Crippen molar-refractivity contribution in [1.29, 1.82) is 0 Å². The molecule has 3 fully saturated rings. The Morgan fingerprint density at radius 2 is 1.86 bits per heavy atom. The molecule has 9 heteroatoms. The van der Waals surface area contributed by atoms with E-state index in [1.54, 1.807) is 4.90 Å². The fraction of sp³-hybridized carbons (Fsp3) is 0.789. The van der Waals surface area contributed by atoms with Gasteiger partial charge in [0, 0.05) is 56.7 Å². The first-order chi connectivity index (χ1) is 13.5. The summed E-state index contributed by atoms with van der Waals surface area (Å²) in [6.45, 7) is 3.80. The molecule has 3 aliphatic heterocycles. The van der Waals surface area contributed by atoms with Gasteiger partial charge in [-0.15, -0.1) is 0 Å². The highest BCUT2D eigenvalue weighted by atomic mass is 19.3. The van der Waals surface area contributed by atoms with Gasteiger partial charge in [0.25, 0.3) is 0 Å².